The fourth-order valence-electron chi connectivity index (χ4n) is 1.19. The molecule has 0 unspecified atom stereocenters. The topological polar surface area (TPSA) is 54.7 Å². The normalized spacial score (nSPS) is 10.6. The van der Waals surface area contributed by atoms with Crippen molar-refractivity contribution in [1.29, 1.82) is 0 Å². The van der Waals surface area contributed by atoms with E-state index in [0.717, 1.165) is 23.4 Å². The fraction of sp³-hybridized carbons (Fsp3) is 0.375. The molecule has 0 aliphatic rings. The molecule has 74 valence electrons. The molecule has 4 nitrogen and oxygen atoms in total. The van der Waals surface area contributed by atoms with Gasteiger partial charge in [-0.25, -0.2) is 10.1 Å². The summed E-state index contributed by atoms with van der Waals surface area (Å²) >= 11 is 6.34. The molecule has 1 N–H and O–H groups in total. The van der Waals surface area contributed by atoms with E-state index in [9.17, 15) is 0 Å². The van der Waals surface area contributed by atoms with Crippen LogP contribution in [-0.2, 0) is 6.42 Å². The maximum atomic E-state index is 5.23. The molecule has 0 atom stereocenters. The van der Waals surface area contributed by atoms with Crippen LogP contribution >= 0.6 is 23.6 Å². The SMILES string of the molecule is CCCc1ncsc1-c1n[nH]c(=S)o1. The zero-order chi connectivity index (χ0) is 9.97. The van der Waals surface area contributed by atoms with Crippen LogP contribution in [0.4, 0.5) is 0 Å². The van der Waals surface area contributed by atoms with Crippen molar-refractivity contribution in [3.8, 4) is 10.8 Å². The van der Waals surface area contributed by atoms with E-state index >= 15 is 0 Å². The van der Waals surface area contributed by atoms with E-state index in [4.69, 9.17) is 16.6 Å². The maximum absolute atomic E-state index is 5.23. The zero-order valence-electron chi connectivity index (χ0n) is 7.61. The van der Waals surface area contributed by atoms with Gasteiger partial charge < -0.3 is 4.42 Å². The summed E-state index contributed by atoms with van der Waals surface area (Å²) in [6.07, 6.45) is 2.00. The Morgan fingerprint density at radius 2 is 2.50 bits per heavy atom. The molecule has 2 rings (SSSR count). The highest BCUT2D eigenvalue weighted by Gasteiger charge is 2.12. The summed E-state index contributed by atoms with van der Waals surface area (Å²) in [6.45, 7) is 2.11. The smallest absolute Gasteiger partial charge is 0.284 e. The first kappa shape index (κ1) is 9.54. The van der Waals surface area contributed by atoms with Crippen molar-refractivity contribution >= 4 is 23.6 Å². The number of aromatic nitrogens is 3. The summed E-state index contributed by atoms with van der Waals surface area (Å²) in [6, 6.07) is 0. The molecule has 0 aliphatic heterocycles. The summed E-state index contributed by atoms with van der Waals surface area (Å²) in [5, 5.41) is 6.58. The average molecular weight is 227 g/mol. The van der Waals surface area contributed by atoms with Gasteiger partial charge in [0.15, 0.2) is 0 Å². The zero-order valence-corrected chi connectivity index (χ0v) is 9.24. The standard InChI is InChI=1S/C8H9N3OS2/c1-2-3-5-6(14-4-9-5)7-10-11-8(13)12-7/h4H,2-3H2,1H3,(H,11,13). The van der Waals surface area contributed by atoms with Crippen LogP contribution in [0.25, 0.3) is 10.8 Å². The number of rotatable bonds is 3. The number of aryl methyl sites for hydroxylation is 1. The number of aromatic amines is 1. The molecule has 0 saturated heterocycles. The van der Waals surface area contributed by atoms with Crippen LogP contribution < -0.4 is 0 Å². The molecule has 6 heteroatoms. The van der Waals surface area contributed by atoms with Crippen LogP contribution in [0, 0.1) is 4.84 Å². The van der Waals surface area contributed by atoms with E-state index in [-0.39, 0.29) is 0 Å². The maximum Gasteiger partial charge on any atom is 0.284 e. The summed E-state index contributed by atoms with van der Waals surface area (Å²) in [7, 11) is 0. The number of thiazole rings is 1. The second-order valence-electron chi connectivity index (χ2n) is 2.80. The van der Waals surface area contributed by atoms with Gasteiger partial charge in [0.05, 0.1) is 11.2 Å². The molecule has 2 aromatic rings. The highest BCUT2D eigenvalue weighted by Crippen LogP contribution is 2.26. The first-order chi connectivity index (χ1) is 6.81. The van der Waals surface area contributed by atoms with Crippen LogP contribution in [0.15, 0.2) is 9.93 Å². The quantitative estimate of drug-likeness (QED) is 0.819. The average Bonchev–Trinajstić information content (AvgIpc) is 2.74. The van der Waals surface area contributed by atoms with Crippen LogP contribution in [0.2, 0.25) is 0 Å². The predicted molar refractivity (Wildman–Crippen MR) is 56.8 cm³/mol. The van der Waals surface area contributed by atoms with Crippen LogP contribution in [0.5, 0.6) is 0 Å². The minimum atomic E-state index is 0.302. The van der Waals surface area contributed by atoms with Gasteiger partial charge in [0.2, 0.25) is 0 Å². The van der Waals surface area contributed by atoms with Crippen molar-refractivity contribution in [2.45, 2.75) is 19.8 Å². The van der Waals surface area contributed by atoms with Crippen molar-refractivity contribution in [2.75, 3.05) is 0 Å². The van der Waals surface area contributed by atoms with Gasteiger partial charge in [-0.1, -0.05) is 13.3 Å². The van der Waals surface area contributed by atoms with Crippen LogP contribution in [0.3, 0.4) is 0 Å². The largest absolute Gasteiger partial charge is 0.408 e. The first-order valence-corrected chi connectivity index (χ1v) is 5.58. The van der Waals surface area contributed by atoms with Crippen LogP contribution in [-0.4, -0.2) is 15.2 Å². The van der Waals surface area contributed by atoms with Crippen molar-refractivity contribution in [3.05, 3.63) is 16.0 Å². The fourth-order valence-corrected chi connectivity index (χ4v) is 2.07. The lowest BCUT2D eigenvalue weighted by Gasteiger charge is -1.93. The number of H-pyrrole nitrogens is 1. The molecule has 0 aliphatic carbocycles. The Bertz CT molecular complexity index is 471. The van der Waals surface area contributed by atoms with Crippen molar-refractivity contribution in [2.24, 2.45) is 0 Å². The van der Waals surface area contributed by atoms with Gasteiger partial charge in [-0.2, -0.15) is 0 Å². The number of hydrogen-bond acceptors (Lipinski definition) is 5. The Labute approximate surface area is 90.0 Å². The molecule has 2 aromatic heterocycles. The summed E-state index contributed by atoms with van der Waals surface area (Å²) < 4.78 is 5.23. The summed E-state index contributed by atoms with van der Waals surface area (Å²) in [5.74, 6) is 0.543. The molecule has 14 heavy (non-hydrogen) atoms. The second-order valence-corrected chi connectivity index (χ2v) is 4.02. The highest BCUT2D eigenvalue weighted by molar-refractivity contribution is 7.71. The lowest BCUT2D eigenvalue weighted by molar-refractivity contribution is 0.552. The number of hydrogen-bond donors (Lipinski definition) is 1. The Morgan fingerprint density at radius 1 is 1.64 bits per heavy atom. The monoisotopic (exact) mass is 227 g/mol. The third-order valence-corrected chi connectivity index (χ3v) is 2.79. The minimum absolute atomic E-state index is 0.302. The van der Waals surface area contributed by atoms with E-state index < -0.39 is 0 Å². The first-order valence-electron chi connectivity index (χ1n) is 4.29. The van der Waals surface area contributed by atoms with Gasteiger partial charge in [-0.3, -0.25) is 0 Å². The minimum Gasteiger partial charge on any atom is -0.408 e. The Hall–Kier alpha value is -1.01. The van der Waals surface area contributed by atoms with E-state index in [0.29, 0.717) is 10.7 Å². The van der Waals surface area contributed by atoms with Crippen LogP contribution in [0.1, 0.15) is 19.0 Å². The molecule has 0 saturated carbocycles. The van der Waals surface area contributed by atoms with Crippen molar-refractivity contribution < 1.29 is 4.42 Å². The van der Waals surface area contributed by atoms with E-state index in [1.165, 1.54) is 11.3 Å². The molecule has 0 bridgehead atoms. The van der Waals surface area contributed by atoms with E-state index in [1.807, 2.05) is 0 Å². The summed E-state index contributed by atoms with van der Waals surface area (Å²) in [5.41, 5.74) is 2.83. The molecule has 0 amide bonds. The molecular formula is C8H9N3OS2. The van der Waals surface area contributed by atoms with E-state index in [2.05, 4.69) is 22.1 Å². The molecular weight excluding hydrogens is 218 g/mol. The second kappa shape index (κ2) is 4.02. The van der Waals surface area contributed by atoms with Gasteiger partial charge in [0, 0.05) is 0 Å². The third-order valence-electron chi connectivity index (χ3n) is 1.76. The van der Waals surface area contributed by atoms with Gasteiger partial charge >= 0.3 is 0 Å². The highest BCUT2D eigenvalue weighted by atomic mass is 32.1. The predicted octanol–water partition coefficient (Wildman–Crippen LogP) is 2.81. The third kappa shape index (κ3) is 1.76. The van der Waals surface area contributed by atoms with E-state index in [1.54, 1.807) is 5.51 Å². The summed E-state index contributed by atoms with van der Waals surface area (Å²) in [4.78, 5) is 5.54. The molecule has 0 spiro atoms. The van der Waals surface area contributed by atoms with Crippen molar-refractivity contribution in [3.63, 3.8) is 0 Å². The van der Waals surface area contributed by atoms with Gasteiger partial charge in [0.1, 0.15) is 4.88 Å². The van der Waals surface area contributed by atoms with Gasteiger partial charge in [0.25, 0.3) is 10.7 Å². The Balaban J connectivity index is 2.40. The number of nitrogens with zero attached hydrogens (tertiary/aromatic N) is 2. The Kier molecular flexibility index (Phi) is 2.74. The van der Waals surface area contributed by atoms with Crippen molar-refractivity contribution in [1.82, 2.24) is 15.2 Å². The molecule has 0 fully saturated rings. The molecule has 0 radical (unpaired) electrons. The lowest BCUT2D eigenvalue weighted by atomic mass is 10.2. The number of nitrogens with one attached hydrogen (secondary N) is 1. The lowest BCUT2D eigenvalue weighted by Crippen LogP contribution is -1.86. The van der Waals surface area contributed by atoms with Gasteiger partial charge in [-0.15, -0.1) is 16.4 Å². The molecule has 0 aromatic carbocycles. The van der Waals surface area contributed by atoms with Gasteiger partial charge in [-0.05, 0) is 18.6 Å². The molecule has 2 heterocycles. The Morgan fingerprint density at radius 3 is 3.14 bits per heavy atom.